The van der Waals surface area contributed by atoms with Gasteiger partial charge in [-0.05, 0) is 50.1 Å². The third kappa shape index (κ3) is 5.21. The van der Waals surface area contributed by atoms with E-state index in [9.17, 15) is 13.2 Å². The molecule has 5 nitrogen and oxygen atoms in total. The summed E-state index contributed by atoms with van der Waals surface area (Å²) in [6, 6.07) is 10.3. The fraction of sp³-hybridized carbons (Fsp3) is 0.278. The number of halogens is 1. The molecule has 2 aromatic rings. The Morgan fingerprint density at radius 3 is 2.36 bits per heavy atom. The minimum atomic E-state index is -3.40. The van der Waals surface area contributed by atoms with Crippen LogP contribution >= 0.6 is 11.6 Å². The number of rotatable bonds is 5. The first-order chi connectivity index (χ1) is 11.6. The van der Waals surface area contributed by atoms with E-state index in [2.05, 4.69) is 16.1 Å². The molecule has 1 atom stereocenters. The van der Waals surface area contributed by atoms with Gasteiger partial charge in [-0.3, -0.25) is 9.52 Å². The van der Waals surface area contributed by atoms with Gasteiger partial charge in [0.05, 0.1) is 22.9 Å². The number of aryl methyl sites for hydroxylation is 2. The molecule has 7 heteroatoms. The number of anilines is 1. The van der Waals surface area contributed by atoms with Crippen molar-refractivity contribution in [2.24, 2.45) is 0 Å². The van der Waals surface area contributed by atoms with E-state index in [4.69, 9.17) is 11.6 Å². The van der Waals surface area contributed by atoms with Gasteiger partial charge in [0.15, 0.2) is 0 Å². The van der Waals surface area contributed by atoms with Crippen molar-refractivity contribution >= 4 is 33.2 Å². The summed E-state index contributed by atoms with van der Waals surface area (Å²) in [5.41, 5.74) is 3.90. The van der Waals surface area contributed by atoms with Crippen LogP contribution in [0.25, 0.3) is 0 Å². The first-order valence-electron chi connectivity index (χ1n) is 7.72. The van der Waals surface area contributed by atoms with Crippen molar-refractivity contribution in [3.05, 3.63) is 63.7 Å². The molecule has 2 aromatic carbocycles. The van der Waals surface area contributed by atoms with Crippen molar-refractivity contribution in [2.45, 2.75) is 26.8 Å². The molecule has 134 valence electrons. The number of carbonyl (C=O) groups is 1. The van der Waals surface area contributed by atoms with Crippen LogP contribution in [0.2, 0.25) is 5.02 Å². The molecule has 0 saturated carbocycles. The Morgan fingerprint density at radius 1 is 1.12 bits per heavy atom. The third-order valence-electron chi connectivity index (χ3n) is 3.76. The second-order valence-electron chi connectivity index (χ2n) is 6.12. The van der Waals surface area contributed by atoms with Gasteiger partial charge in [0.2, 0.25) is 10.0 Å². The maximum absolute atomic E-state index is 12.5. The minimum Gasteiger partial charge on any atom is -0.345 e. The molecule has 0 aromatic heterocycles. The van der Waals surface area contributed by atoms with Gasteiger partial charge in [0.1, 0.15) is 0 Å². The highest BCUT2D eigenvalue weighted by Crippen LogP contribution is 2.24. The summed E-state index contributed by atoms with van der Waals surface area (Å²) in [6.45, 7) is 5.93. The van der Waals surface area contributed by atoms with Crippen LogP contribution in [0.1, 0.15) is 40.0 Å². The average molecular weight is 381 g/mol. The fourth-order valence-electron chi connectivity index (χ4n) is 2.64. The molecule has 0 unspecified atom stereocenters. The largest absolute Gasteiger partial charge is 0.345 e. The van der Waals surface area contributed by atoms with Gasteiger partial charge in [-0.2, -0.15) is 0 Å². The summed E-state index contributed by atoms with van der Waals surface area (Å²) in [4.78, 5) is 12.5. The molecule has 1 amide bonds. The number of amides is 1. The summed E-state index contributed by atoms with van der Waals surface area (Å²) >= 11 is 6.14. The van der Waals surface area contributed by atoms with E-state index in [1.54, 1.807) is 0 Å². The first kappa shape index (κ1) is 19.3. The smallest absolute Gasteiger partial charge is 0.253 e. The SMILES string of the molecule is Cc1ccc([C@@H](C)NC(=O)c2ccc(NS(C)(=O)=O)cc2Cl)c(C)c1. The molecule has 0 bridgehead atoms. The highest BCUT2D eigenvalue weighted by molar-refractivity contribution is 7.92. The van der Waals surface area contributed by atoms with Gasteiger partial charge in [-0.1, -0.05) is 35.4 Å². The van der Waals surface area contributed by atoms with E-state index in [1.807, 2.05) is 32.9 Å². The van der Waals surface area contributed by atoms with Crippen molar-refractivity contribution in [2.75, 3.05) is 11.0 Å². The molecular formula is C18H21ClN2O3S. The van der Waals surface area contributed by atoms with Gasteiger partial charge in [0, 0.05) is 5.69 Å². The maximum Gasteiger partial charge on any atom is 0.253 e. The zero-order valence-electron chi connectivity index (χ0n) is 14.6. The Kier molecular flexibility index (Phi) is 5.75. The number of hydrogen-bond acceptors (Lipinski definition) is 3. The highest BCUT2D eigenvalue weighted by Gasteiger charge is 2.16. The van der Waals surface area contributed by atoms with Crippen LogP contribution in [0, 0.1) is 13.8 Å². The zero-order chi connectivity index (χ0) is 18.8. The molecule has 0 radical (unpaired) electrons. The molecule has 0 aliphatic rings. The van der Waals surface area contributed by atoms with E-state index in [-0.39, 0.29) is 22.5 Å². The lowest BCUT2D eigenvalue weighted by Crippen LogP contribution is -2.27. The third-order valence-corrected chi connectivity index (χ3v) is 4.68. The second kappa shape index (κ2) is 7.45. The lowest BCUT2D eigenvalue weighted by molar-refractivity contribution is 0.0940. The van der Waals surface area contributed by atoms with Crippen LogP contribution in [0.15, 0.2) is 36.4 Å². The quantitative estimate of drug-likeness (QED) is 0.827. The van der Waals surface area contributed by atoms with Crippen LogP contribution in [0.4, 0.5) is 5.69 Å². The minimum absolute atomic E-state index is 0.180. The van der Waals surface area contributed by atoms with Crippen molar-refractivity contribution in [3.8, 4) is 0 Å². The van der Waals surface area contributed by atoms with Crippen molar-refractivity contribution < 1.29 is 13.2 Å². The topological polar surface area (TPSA) is 75.3 Å². The van der Waals surface area contributed by atoms with Crippen LogP contribution in [0.3, 0.4) is 0 Å². The van der Waals surface area contributed by atoms with Crippen LogP contribution in [0.5, 0.6) is 0 Å². The predicted molar refractivity (Wildman–Crippen MR) is 102 cm³/mol. The fourth-order valence-corrected chi connectivity index (χ4v) is 3.46. The van der Waals surface area contributed by atoms with Gasteiger partial charge >= 0.3 is 0 Å². The second-order valence-corrected chi connectivity index (χ2v) is 8.28. The highest BCUT2D eigenvalue weighted by atomic mass is 35.5. The van der Waals surface area contributed by atoms with Crippen LogP contribution in [-0.4, -0.2) is 20.6 Å². The zero-order valence-corrected chi connectivity index (χ0v) is 16.1. The van der Waals surface area contributed by atoms with Gasteiger partial charge in [0.25, 0.3) is 5.91 Å². The van der Waals surface area contributed by atoms with E-state index in [0.29, 0.717) is 5.69 Å². The Morgan fingerprint density at radius 2 is 1.80 bits per heavy atom. The number of benzene rings is 2. The molecule has 0 fully saturated rings. The molecule has 2 rings (SSSR count). The molecule has 0 aliphatic heterocycles. The molecule has 0 aliphatic carbocycles. The van der Waals surface area contributed by atoms with Crippen molar-refractivity contribution in [3.63, 3.8) is 0 Å². The molecular weight excluding hydrogens is 360 g/mol. The van der Waals surface area contributed by atoms with Crippen molar-refractivity contribution in [1.82, 2.24) is 5.32 Å². The lowest BCUT2D eigenvalue weighted by Gasteiger charge is -2.18. The van der Waals surface area contributed by atoms with Gasteiger partial charge < -0.3 is 5.32 Å². The number of hydrogen-bond donors (Lipinski definition) is 2. The van der Waals surface area contributed by atoms with E-state index in [1.165, 1.54) is 18.2 Å². The molecule has 25 heavy (non-hydrogen) atoms. The van der Waals surface area contributed by atoms with Gasteiger partial charge in [-0.15, -0.1) is 0 Å². The molecule has 0 spiro atoms. The van der Waals surface area contributed by atoms with Crippen molar-refractivity contribution in [1.29, 1.82) is 0 Å². The Bertz CT molecular complexity index is 911. The summed E-state index contributed by atoms with van der Waals surface area (Å²) in [5.74, 6) is -0.316. The van der Waals surface area contributed by atoms with E-state index in [0.717, 1.165) is 22.9 Å². The van der Waals surface area contributed by atoms with Crippen LogP contribution < -0.4 is 10.0 Å². The molecule has 0 saturated heterocycles. The summed E-state index contributed by atoms with van der Waals surface area (Å²) < 4.78 is 24.8. The average Bonchev–Trinajstić information content (AvgIpc) is 2.45. The first-order valence-corrected chi connectivity index (χ1v) is 9.99. The van der Waals surface area contributed by atoms with Crippen LogP contribution in [-0.2, 0) is 10.0 Å². The predicted octanol–water partition coefficient (Wildman–Crippen LogP) is 3.82. The summed E-state index contributed by atoms with van der Waals surface area (Å²) in [6.07, 6.45) is 1.05. The molecule has 2 N–H and O–H groups in total. The maximum atomic E-state index is 12.5. The van der Waals surface area contributed by atoms with E-state index >= 15 is 0 Å². The normalized spacial score (nSPS) is 12.5. The van der Waals surface area contributed by atoms with E-state index < -0.39 is 10.0 Å². The number of carbonyl (C=O) groups excluding carboxylic acids is 1. The summed E-state index contributed by atoms with van der Waals surface area (Å²) in [7, 11) is -3.40. The monoisotopic (exact) mass is 380 g/mol. The molecule has 0 heterocycles. The summed E-state index contributed by atoms with van der Waals surface area (Å²) in [5, 5.41) is 3.10. The Balaban J connectivity index is 2.17. The van der Waals surface area contributed by atoms with Gasteiger partial charge in [-0.25, -0.2) is 8.42 Å². The lowest BCUT2D eigenvalue weighted by atomic mass is 10.00. The number of nitrogens with one attached hydrogen (secondary N) is 2. The standard InChI is InChI=1S/C18H21ClN2O3S/c1-11-5-7-15(12(2)9-11)13(3)20-18(22)16-8-6-14(10-17(16)19)21-25(4,23)24/h5-10,13,21H,1-4H3,(H,20,22)/t13-/m1/s1. The Labute approximate surface area is 153 Å². The number of sulfonamides is 1. The Hall–Kier alpha value is -2.05.